The van der Waals surface area contributed by atoms with Gasteiger partial charge in [-0.15, -0.1) is 0 Å². The molecular formula is C9H13NO3. The molecule has 4 heteroatoms. The summed E-state index contributed by atoms with van der Waals surface area (Å²) in [4.78, 5) is 0. The van der Waals surface area contributed by atoms with Gasteiger partial charge in [-0.05, 0) is 0 Å². The van der Waals surface area contributed by atoms with Gasteiger partial charge >= 0.3 is 0 Å². The summed E-state index contributed by atoms with van der Waals surface area (Å²) in [5.74, 6) is -0.0356. The predicted molar refractivity (Wildman–Crippen MR) is 48.0 cm³/mol. The summed E-state index contributed by atoms with van der Waals surface area (Å²) < 4.78 is 0. The fourth-order valence-corrected chi connectivity index (χ4v) is 1.14. The van der Waals surface area contributed by atoms with Gasteiger partial charge in [-0.1, -0.05) is 18.2 Å². The fraction of sp³-hybridized carbons (Fsp3) is 0.333. The van der Waals surface area contributed by atoms with E-state index in [0.717, 1.165) is 0 Å². The van der Waals surface area contributed by atoms with Crippen molar-refractivity contribution >= 4 is 0 Å². The lowest BCUT2D eigenvalue weighted by atomic mass is 10.0. The minimum absolute atomic E-state index is 0.0356. The van der Waals surface area contributed by atoms with Crippen LogP contribution in [0.5, 0.6) is 5.75 Å². The molecule has 0 bridgehead atoms. The first kappa shape index (κ1) is 9.98. The fourth-order valence-electron chi connectivity index (χ4n) is 1.14. The number of aliphatic hydroxyl groups is 2. The van der Waals surface area contributed by atoms with E-state index in [0.29, 0.717) is 11.1 Å². The number of phenols is 1. The highest BCUT2D eigenvalue weighted by atomic mass is 16.3. The Labute approximate surface area is 76.2 Å². The van der Waals surface area contributed by atoms with Crippen molar-refractivity contribution in [3.8, 4) is 5.75 Å². The van der Waals surface area contributed by atoms with Crippen LogP contribution in [0.25, 0.3) is 0 Å². The Bertz CT molecular complexity index is 288. The summed E-state index contributed by atoms with van der Waals surface area (Å²) >= 11 is 0. The molecule has 0 spiro atoms. The number of aromatic hydroxyl groups is 1. The van der Waals surface area contributed by atoms with Gasteiger partial charge in [0, 0.05) is 11.1 Å². The largest absolute Gasteiger partial charge is 0.507 e. The Hall–Kier alpha value is -1.10. The van der Waals surface area contributed by atoms with Crippen LogP contribution in [-0.4, -0.2) is 21.9 Å². The van der Waals surface area contributed by atoms with Gasteiger partial charge in [0.15, 0.2) is 0 Å². The molecule has 0 heterocycles. The number of aliphatic hydroxyl groups excluding tert-OH is 2. The molecule has 0 radical (unpaired) electrons. The van der Waals surface area contributed by atoms with Crippen molar-refractivity contribution in [2.24, 2.45) is 5.73 Å². The molecule has 5 N–H and O–H groups in total. The van der Waals surface area contributed by atoms with E-state index in [1.54, 1.807) is 18.2 Å². The van der Waals surface area contributed by atoms with Crippen LogP contribution in [0.1, 0.15) is 17.2 Å². The molecular weight excluding hydrogens is 170 g/mol. The molecule has 72 valence electrons. The first-order valence-electron chi connectivity index (χ1n) is 3.98. The number of para-hydroxylation sites is 1. The maximum atomic E-state index is 9.54. The third kappa shape index (κ3) is 1.98. The average molecular weight is 183 g/mol. The molecule has 1 aromatic rings. The Morgan fingerprint density at radius 3 is 2.54 bits per heavy atom. The molecule has 0 aliphatic carbocycles. The molecule has 1 aromatic carbocycles. The van der Waals surface area contributed by atoms with Crippen LogP contribution in [0.2, 0.25) is 0 Å². The first-order chi connectivity index (χ1) is 6.20. The predicted octanol–water partition coefficient (Wildman–Crippen LogP) is -0.123. The van der Waals surface area contributed by atoms with Crippen LogP contribution in [-0.2, 0) is 6.61 Å². The number of hydrogen-bond acceptors (Lipinski definition) is 4. The molecule has 0 saturated heterocycles. The molecule has 0 aliphatic rings. The van der Waals surface area contributed by atoms with Crippen molar-refractivity contribution < 1.29 is 15.3 Å². The molecule has 13 heavy (non-hydrogen) atoms. The smallest absolute Gasteiger partial charge is 0.125 e. The lowest BCUT2D eigenvalue weighted by Gasteiger charge is -2.12. The van der Waals surface area contributed by atoms with Crippen LogP contribution in [0.15, 0.2) is 18.2 Å². The third-order valence-electron chi connectivity index (χ3n) is 1.92. The zero-order valence-corrected chi connectivity index (χ0v) is 7.14. The van der Waals surface area contributed by atoms with Crippen molar-refractivity contribution in [3.05, 3.63) is 29.3 Å². The molecule has 1 atom stereocenters. The van der Waals surface area contributed by atoms with Gasteiger partial charge in [-0.25, -0.2) is 0 Å². The van der Waals surface area contributed by atoms with Crippen LogP contribution in [0.3, 0.4) is 0 Å². The average Bonchev–Trinajstić information content (AvgIpc) is 2.17. The van der Waals surface area contributed by atoms with Crippen molar-refractivity contribution in [2.45, 2.75) is 12.6 Å². The molecule has 1 unspecified atom stereocenters. The van der Waals surface area contributed by atoms with E-state index in [-0.39, 0.29) is 19.0 Å². The second-order valence-electron chi connectivity index (χ2n) is 2.80. The van der Waals surface area contributed by atoms with E-state index in [4.69, 9.17) is 15.9 Å². The summed E-state index contributed by atoms with van der Waals surface area (Å²) in [7, 11) is 0. The van der Waals surface area contributed by atoms with Crippen molar-refractivity contribution in [3.63, 3.8) is 0 Å². The molecule has 0 saturated carbocycles. The molecule has 0 fully saturated rings. The lowest BCUT2D eigenvalue weighted by Crippen LogP contribution is -2.14. The Balaban J connectivity index is 3.08. The van der Waals surface area contributed by atoms with Crippen molar-refractivity contribution in [1.29, 1.82) is 0 Å². The summed E-state index contributed by atoms with van der Waals surface area (Å²) in [6.07, 6.45) is 0. The van der Waals surface area contributed by atoms with E-state index in [1.807, 2.05) is 0 Å². The van der Waals surface area contributed by atoms with Gasteiger partial charge in [0.25, 0.3) is 0 Å². The maximum Gasteiger partial charge on any atom is 0.125 e. The second kappa shape index (κ2) is 4.23. The number of rotatable bonds is 3. The second-order valence-corrected chi connectivity index (χ2v) is 2.80. The van der Waals surface area contributed by atoms with Gasteiger partial charge in [-0.3, -0.25) is 0 Å². The molecule has 0 amide bonds. The topological polar surface area (TPSA) is 86.7 Å². The minimum Gasteiger partial charge on any atom is -0.507 e. The van der Waals surface area contributed by atoms with E-state index in [2.05, 4.69) is 0 Å². The standard InChI is InChI=1S/C9H13NO3/c10-8(5-12)7-3-1-2-6(4-11)9(7)13/h1-3,8,11-13H,4-5,10H2. The van der Waals surface area contributed by atoms with Crippen LogP contribution < -0.4 is 5.73 Å². The zero-order chi connectivity index (χ0) is 9.84. The Morgan fingerprint density at radius 1 is 1.31 bits per heavy atom. The first-order valence-corrected chi connectivity index (χ1v) is 3.98. The summed E-state index contributed by atoms with van der Waals surface area (Å²) in [6, 6.07) is 4.29. The SMILES string of the molecule is NC(CO)c1cccc(CO)c1O. The molecule has 0 aromatic heterocycles. The summed E-state index contributed by atoms with van der Waals surface area (Å²) in [5.41, 5.74) is 6.40. The molecule has 0 aliphatic heterocycles. The number of nitrogens with two attached hydrogens (primary N) is 1. The third-order valence-corrected chi connectivity index (χ3v) is 1.92. The van der Waals surface area contributed by atoms with Gasteiger partial charge in [0.2, 0.25) is 0 Å². The van der Waals surface area contributed by atoms with E-state index >= 15 is 0 Å². The normalized spacial score (nSPS) is 12.8. The number of benzene rings is 1. The highest BCUT2D eigenvalue weighted by Gasteiger charge is 2.11. The molecule has 4 nitrogen and oxygen atoms in total. The highest BCUT2D eigenvalue weighted by Crippen LogP contribution is 2.26. The highest BCUT2D eigenvalue weighted by molar-refractivity contribution is 5.41. The zero-order valence-electron chi connectivity index (χ0n) is 7.14. The van der Waals surface area contributed by atoms with E-state index in [1.165, 1.54) is 0 Å². The lowest BCUT2D eigenvalue weighted by molar-refractivity contribution is 0.260. The maximum absolute atomic E-state index is 9.54. The van der Waals surface area contributed by atoms with E-state index < -0.39 is 6.04 Å². The van der Waals surface area contributed by atoms with Gasteiger partial charge in [-0.2, -0.15) is 0 Å². The summed E-state index contributed by atoms with van der Waals surface area (Å²) in [5, 5.41) is 27.2. The van der Waals surface area contributed by atoms with Crippen LogP contribution in [0.4, 0.5) is 0 Å². The van der Waals surface area contributed by atoms with Gasteiger partial charge < -0.3 is 21.1 Å². The van der Waals surface area contributed by atoms with Crippen molar-refractivity contribution in [1.82, 2.24) is 0 Å². The Morgan fingerprint density at radius 2 is 2.00 bits per heavy atom. The number of hydrogen-bond donors (Lipinski definition) is 4. The van der Waals surface area contributed by atoms with Gasteiger partial charge in [0.05, 0.1) is 19.3 Å². The Kier molecular flexibility index (Phi) is 3.25. The monoisotopic (exact) mass is 183 g/mol. The van der Waals surface area contributed by atoms with E-state index in [9.17, 15) is 5.11 Å². The molecule has 1 rings (SSSR count). The minimum atomic E-state index is -0.605. The quantitative estimate of drug-likeness (QED) is 0.526. The van der Waals surface area contributed by atoms with Gasteiger partial charge in [0.1, 0.15) is 5.75 Å². The van der Waals surface area contributed by atoms with Crippen LogP contribution >= 0.6 is 0 Å². The van der Waals surface area contributed by atoms with Crippen molar-refractivity contribution in [2.75, 3.05) is 6.61 Å². The summed E-state index contributed by atoms with van der Waals surface area (Å²) in [6.45, 7) is -0.472. The van der Waals surface area contributed by atoms with Crippen LogP contribution in [0, 0.1) is 0 Å².